The summed E-state index contributed by atoms with van der Waals surface area (Å²) >= 11 is 1.50. The molecule has 2 aromatic rings. The topological polar surface area (TPSA) is 58.6 Å². The highest BCUT2D eigenvalue weighted by Gasteiger charge is 2.24. The fraction of sp³-hybridized carbons (Fsp3) is 0.353. The molecule has 116 valence electrons. The Labute approximate surface area is 133 Å². The number of hydrogen-bond acceptors (Lipinski definition) is 4. The van der Waals surface area contributed by atoms with Crippen LogP contribution in [0.15, 0.2) is 41.1 Å². The minimum absolute atomic E-state index is 0.113. The van der Waals surface area contributed by atoms with Gasteiger partial charge in [-0.2, -0.15) is 11.3 Å². The number of amides is 1. The third-order valence-corrected chi connectivity index (χ3v) is 4.53. The SMILES string of the molecule is O=C(Nc1ccc(OC2CCCCC2O)cc1)c1ccsc1. The highest BCUT2D eigenvalue weighted by molar-refractivity contribution is 7.08. The normalized spacial score (nSPS) is 21.3. The van der Waals surface area contributed by atoms with Gasteiger partial charge in [-0.3, -0.25) is 4.79 Å². The molecule has 3 rings (SSSR count). The first-order valence-electron chi connectivity index (χ1n) is 7.51. The van der Waals surface area contributed by atoms with E-state index in [2.05, 4.69) is 5.32 Å². The van der Waals surface area contributed by atoms with Crippen LogP contribution in [0.5, 0.6) is 5.75 Å². The molecule has 2 unspecified atom stereocenters. The van der Waals surface area contributed by atoms with Crippen molar-refractivity contribution in [2.75, 3.05) is 5.32 Å². The summed E-state index contributed by atoms with van der Waals surface area (Å²) in [5.41, 5.74) is 1.39. The molecule has 22 heavy (non-hydrogen) atoms. The third-order valence-electron chi connectivity index (χ3n) is 3.85. The van der Waals surface area contributed by atoms with E-state index in [9.17, 15) is 9.90 Å². The molecule has 1 aliphatic carbocycles. The van der Waals surface area contributed by atoms with E-state index in [-0.39, 0.29) is 18.1 Å². The maximum Gasteiger partial charge on any atom is 0.256 e. The minimum Gasteiger partial charge on any atom is -0.488 e. The Morgan fingerprint density at radius 3 is 2.64 bits per heavy atom. The van der Waals surface area contributed by atoms with Crippen LogP contribution in [0.3, 0.4) is 0 Å². The van der Waals surface area contributed by atoms with Crippen molar-refractivity contribution in [2.45, 2.75) is 37.9 Å². The molecule has 5 heteroatoms. The van der Waals surface area contributed by atoms with Gasteiger partial charge < -0.3 is 15.2 Å². The standard InChI is InChI=1S/C17H19NO3S/c19-15-3-1-2-4-16(15)21-14-7-5-13(6-8-14)18-17(20)12-9-10-22-11-12/h5-11,15-16,19H,1-4H2,(H,18,20). The van der Waals surface area contributed by atoms with Crippen LogP contribution in [0.25, 0.3) is 0 Å². The summed E-state index contributed by atoms with van der Waals surface area (Å²) in [6.45, 7) is 0. The molecule has 1 heterocycles. The predicted molar refractivity (Wildman–Crippen MR) is 87.6 cm³/mol. The van der Waals surface area contributed by atoms with E-state index in [0.717, 1.165) is 37.1 Å². The molecule has 1 aliphatic rings. The fourth-order valence-corrected chi connectivity index (χ4v) is 3.24. The fourth-order valence-electron chi connectivity index (χ4n) is 2.60. The van der Waals surface area contributed by atoms with Crippen molar-refractivity contribution in [1.82, 2.24) is 0 Å². The van der Waals surface area contributed by atoms with Gasteiger partial charge in [-0.25, -0.2) is 0 Å². The lowest BCUT2D eigenvalue weighted by molar-refractivity contribution is 0.00688. The number of aliphatic hydroxyl groups is 1. The number of benzene rings is 1. The van der Waals surface area contributed by atoms with Gasteiger partial charge in [-0.05, 0) is 55.0 Å². The van der Waals surface area contributed by atoms with Crippen molar-refractivity contribution >= 4 is 22.9 Å². The van der Waals surface area contributed by atoms with E-state index in [0.29, 0.717) is 5.56 Å². The van der Waals surface area contributed by atoms with Crippen LogP contribution < -0.4 is 10.1 Å². The Kier molecular flexibility index (Phi) is 4.75. The number of carbonyl (C=O) groups excluding carboxylic acids is 1. The summed E-state index contributed by atoms with van der Waals surface area (Å²) in [7, 11) is 0. The molecule has 0 spiro atoms. The van der Waals surface area contributed by atoms with Gasteiger partial charge in [-0.1, -0.05) is 6.42 Å². The van der Waals surface area contributed by atoms with Crippen molar-refractivity contribution in [3.63, 3.8) is 0 Å². The molecular weight excluding hydrogens is 298 g/mol. The van der Waals surface area contributed by atoms with Crippen molar-refractivity contribution in [3.8, 4) is 5.75 Å². The molecule has 1 fully saturated rings. The summed E-state index contributed by atoms with van der Waals surface area (Å²) in [5.74, 6) is 0.608. The van der Waals surface area contributed by atoms with Gasteiger partial charge in [0.1, 0.15) is 11.9 Å². The highest BCUT2D eigenvalue weighted by Crippen LogP contribution is 2.25. The van der Waals surface area contributed by atoms with Crippen LogP contribution in [-0.2, 0) is 0 Å². The summed E-state index contributed by atoms with van der Waals surface area (Å²) in [6, 6.07) is 9.07. The summed E-state index contributed by atoms with van der Waals surface area (Å²) in [4.78, 5) is 12.0. The smallest absolute Gasteiger partial charge is 0.256 e. The second kappa shape index (κ2) is 6.94. The lowest BCUT2D eigenvalue weighted by Crippen LogP contribution is -2.34. The molecule has 0 bridgehead atoms. The van der Waals surface area contributed by atoms with Crippen LogP contribution in [0.2, 0.25) is 0 Å². The highest BCUT2D eigenvalue weighted by atomic mass is 32.1. The monoisotopic (exact) mass is 317 g/mol. The van der Waals surface area contributed by atoms with E-state index >= 15 is 0 Å². The molecule has 2 N–H and O–H groups in total. The zero-order valence-corrected chi connectivity index (χ0v) is 13.0. The van der Waals surface area contributed by atoms with Crippen molar-refractivity contribution in [1.29, 1.82) is 0 Å². The molecule has 1 saturated carbocycles. The number of aliphatic hydroxyl groups excluding tert-OH is 1. The number of hydrogen-bond donors (Lipinski definition) is 2. The largest absolute Gasteiger partial charge is 0.488 e. The van der Waals surface area contributed by atoms with Gasteiger partial charge in [0.15, 0.2) is 0 Å². The van der Waals surface area contributed by atoms with Crippen molar-refractivity contribution in [3.05, 3.63) is 46.7 Å². The van der Waals surface area contributed by atoms with Crippen LogP contribution in [0.1, 0.15) is 36.0 Å². The summed E-state index contributed by atoms with van der Waals surface area (Å²) < 4.78 is 5.84. The molecular formula is C17H19NO3S. The van der Waals surface area contributed by atoms with Gasteiger partial charge in [0.2, 0.25) is 0 Å². The molecule has 1 aromatic heterocycles. The van der Waals surface area contributed by atoms with Crippen molar-refractivity contribution in [2.24, 2.45) is 0 Å². The molecule has 4 nitrogen and oxygen atoms in total. The first-order valence-corrected chi connectivity index (χ1v) is 8.45. The van der Waals surface area contributed by atoms with Gasteiger partial charge >= 0.3 is 0 Å². The second-order valence-electron chi connectivity index (χ2n) is 5.50. The van der Waals surface area contributed by atoms with Crippen LogP contribution in [0.4, 0.5) is 5.69 Å². The van der Waals surface area contributed by atoms with Gasteiger partial charge in [0.25, 0.3) is 5.91 Å². The summed E-state index contributed by atoms with van der Waals surface area (Å²) in [6.07, 6.45) is 3.34. The molecule has 0 saturated heterocycles. The van der Waals surface area contributed by atoms with E-state index in [1.807, 2.05) is 35.0 Å². The molecule has 0 aliphatic heterocycles. The van der Waals surface area contributed by atoms with Crippen LogP contribution >= 0.6 is 11.3 Å². The van der Waals surface area contributed by atoms with Gasteiger partial charge in [0.05, 0.1) is 11.7 Å². The number of nitrogens with one attached hydrogen (secondary N) is 1. The van der Waals surface area contributed by atoms with Crippen LogP contribution in [-0.4, -0.2) is 23.2 Å². The van der Waals surface area contributed by atoms with E-state index in [1.54, 1.807) is 6.07 Å². The number of rotatable bonds is 4. The van der Waals surface area contributed by atoms with Crippen LogP contribution in [0, 0.1) is 0 Å². The summed E-state index contributed by atoms with van der Waals surface area (Å²) in [5, 5.41) is 16.5. The first kappa shape index (κ1) is 15.1. The van der Waals surface area contributed by atoms with E-state index in [1.165, 1.54) is 11.3 Å². The average molecular weight is 317 g/mol. The molecule has 1 aromatic carbocycles. The Morgan fingerprint density at radius 2 is 1.95 bits per heavy atom. The van der Waals surface area contributed by atoms with Crippen molar-refractivity contribution < 1.29 is 14.6 Å². The Balaban J connectivity index is 1.59. The number of carbonyl (C=O) groups is 1. The molecule has 0 radical (unpaired) electrons. The maximum absolute atomic E-state index is 12.0. The maximum atomic E-state index is 12.0. The number of ether oxygens (including phenoxy) is 1. The Morgan fingerprint density at radius 1 is 1.18 bits per heavy atom. The lowest BCUT2D eigenvalue weighted by Gasteiger charge is -2.28. The predicted octanol–water partition coefficient (Wildman–Crippen LogP) is 3.68. The van der Waals surface area contributed by atoms with E-state index in [4.69, 9.17) is 4.74 Å². The number of anilines is 1. The zero-order valence-electron chi connectivity index (χ0n) is 12.2. The number of thiophene rings is 1. The average Bonchev–Trinajstić information content (AvgIpc) is 3.06. The quantitative estimate of drug-likeness (QED) is 0.904. The lowest BCUT2D eigenvalue weighted by atomic mass is 9.95. The zero-order chi connectivity index (χ0) is 15.4. The van der Waals surface area contributed by atoms with E-state index < -0.39 is 0 Å². The third kappa shape index (κ3) is 3.67. The Bertz CT molecular complexity index is 609. The van der Waals surface area contributed by atoms with Gasteiger partial charge in [0, 0.05) is 11.1 Å². The molecule has 2 atom stereocenters. The second-order valence-corrected chi connectivity index (χ2v) is 6.28. The minimum atomic E-state index is -0.383. The molecule has 1 amide bonds. The van der Waals surface area contributed by atoms with Gasteiger partial charge in [-0.15, -0.1) is 0 Å². The Hall–Kier alpha value is -1.85. The first-order chi connectivity index (χ1) is 10.7.